The van der Waals surface area contributed by atoms with Crippen LogP contribution >= 0.6 is 0 Å². The third-order valence-electron chi connectivity index (χ3n) is 8.71. The summed E-state index contributed by atoms with van der Waals surface area (Å²) < 4.78 is 5.72. The van der Waals surface area contributed by atoms with Crippen molar-refractivity contribution >= 4 is 16.7 Å². The number of aryl methyl sites for hydroxylation is 1. The van der Waals surface area contributed by atoms with Gasteiger partial charge in [0.25, 0.3) is 0 Å². The smallest absolute Gasteiger partial charge is 0.233 e. The summed E-state index contributed by atoms with van der Waals surface area (Å²) in [6.45, 7) is 3.44. The van der Waals surface area contributed by atoms with Crippen molar-refractivity contribution in [1.29, 1.82) is 0 Å². The zero-order valence-electron chi connectivity index (χ0n) is 20.1. The molecule has 176 valence electrons. The van der Waals surface area contributed by atoms with Crippen molar-refractivity contribution in [3.8, 4) is 0 Å². The Balaban J connectivity index is 1.24. The van der Waals surface area contributed by atoms with E-state index in [0.717, 1.165) is 44.9 Å². The molecule has 3 aliphatic heterocycles. The average molecular weight is 455 g/mol. The molecule has 34 heavy (non-hydrogen) atoms. The number of ether oxygens (including phenoxy) is 1. The highest BCUT2D eigenvalue weighted by atomic mass is 16.5. The first kappa shape index (κ1) is 21.8. The highest BCUT2D eigenvalue weighted by Crippen LogP contribution is 2.45. The SMILES string of the molecule is Cc1ccc(C2(C(=O)N3C4CCC3CC(Cc3cccc5ccncc35)C4)CCOCC2)cc1. The Bertz CT molecular complexity index is 1160. The van der Waals surface area contributed by atoms with Crippen molar-refractivity contribution in [2.45, 2.75) is 69.4 Å². The monoisotopic (exact) mass is 454 g/mol. The van der Waals surface area contributed by atoms with E-state index in [9.17, 15) is 4.79 Å². The third-order valence-corrected chi connectivity index (χ3v) is 8.71. The number of hydrogen-bond donors (Lipinski definition) is 0. The molecule has 0 N–H and O–H groups in total. The summed E-state index contributed by atoms with van der Waals surface area (Å²) in [6.07, 6.45) is 11.0. The molecule has 3 fully saturated rings. The fourth-order valence-electron chi connectivity index (χ4n) is 6.92. The second-order valence-electron chi connectivity index (χ2n) is 10.7. The lowest BCUT2D eigenvalue weighted by Gasteiger charge is -2.46. The van der Waals surface area contributed by atoms with Crippen molar-refractivity contribution in [2.75, 3.05) is 13.2 Å². The minimum atomic E-state index is -0.430. The number of carbonyl (C=O) groups is 1. The number of rotatable bonds is 4. The lowest BCUT2D eigenvalue weighted by molar-refractivity contribution is -0.146. The molecule has 2 aromatic carbocycles. The largest absolute Gasteiger partial charge is 0.381 e. The maximum absolute atomic E-state index is 14.3. The van der Waals surface area contributed by atoms with Crippen molar-refractivity contribution < 1.29 is 9.53 Å². The average Bonchev–Trinajstić information content (AvgIpc) is 3.14. The Labute approximate surface area is 202 Å². The molecule has 2 unspecified atom stereocenters. The molecule has 1 amide bonds. The summed E-state index contributed by atoms with van der Waals surface area (Å²) >= 11 is 0. The van der Waals surface area contributed by atoms with Gasteiger partial charge in [0.15, 0.2) is 0 Å². The van der Waals surface area contributed by atoms with Gasteiger partial charge in [0.05, 0.1) is 5.41 Å². The molecule has 0 aliphatic carbocycles. The van der Waals surface area contributed by atoms with Gasteiger partial charge in [0.1, 0.15) is 0 Å². The third kappa shape index (κ3) is 3.73. The first-order valence-electron chi connectivity index (χ1n) is 12.9. The zero-order chi connectivity index (χ0) is 23.1. The van der Waals surface area contributed by atoms with Gasteiger partial charge in [-0.05, 0) is 80.4 Å². The van der Waals surface area contributed by atoms with Crippen LogP contribution in [0.4, 0.5) is 0 Å². The number of fused-ring (bicyclic) bond motifs is 3. The number of nitrogens with zero attached hydrogens (tertiary/aromatic N) is 2. The van der Waals surface area contributed by atoms with Gasteiger partial charge in [-0.1, -0.05) is 48.0 Å². The van der Waals surface area contributed by atoms with E-state index >= 15 is 0 Å². The molecule has 3 aliphatic rings. The van der Waals surface area contributed by atoms with E-state index in [4.69, 9.17) is 4.74 Å². The molecule has 2 bridgehead atoms. The van der Waals surface area contributed by atoms with Crippen molar-refractivity contribution in [3.63, 3.8) is 0 Å². The van der Waals surface area contributed by atoms with Crippen LogP contribution in [0.3, 0.4) is 0 Å². The summed E-state index contributed by atoms with van der Waals surface area (Å²) in [5.41, 5.74) is 3.38. The number of amides is 1. The minimum absolute atomic E-state index is 0.361. The Morgan fingerprint density at radius 2 is 1.76 bits per heavy atom. The number of hydrogen-bond acceptors (Lipinski definition) is 3. The van der Waals surface area contributed by atoms with Gasteiger partial charge >= 0.3 is 0 Å². The summed E-state index contributed by atoms with van der Waals surface area (Å²) in [4.78, 5) is 21.0. The molecule has 0 radical (unpaired) electrons. The Kier molecular flexibility index (Phi) is 5.65. The molecule has 6 rings (SSSR count). The molecule has 0 spiro atoms. The molecule has 4 heteroatoms. The number of aromatic nitrogens is 1. The molecule has 3 saturated heterocycles. The Hall–Kier alpha value is -2.72. The highest BCUT2D eigenvalue weighted by Gasteiger charge is 2.51. The lowest BCUT2D eigenvalue weighted by atomic mass is 9.71. The van der Waals surface area contributed by atoms with E-state index in [-0.39, 0.29) is 0 Å². The number of pyridine rings is 1. The molecule has 1 aromatic heterocycles. The lowest BCUT2D eigenvalue weighted by Crippen LogP contribution is -2.56. The van der Waals surface area contributed by atoms with Crippen LogP contribution in [0, 0.1) is 12.8 Å². The van der Waals surface area contributed by atoms with Crippen LogP contribution in [-0.2, 0) is 21.4 Å². The maximum atomic E-state index is 14.3. The topological polar surface area (TPSA) is 42.4 Å². The van der Waals surface area contributed by atoms with Gasteiger partial charge in [0, 0.05) is 43.1 Å². The van der Waals surface area contributed by atoms with Gasteiger partial charge in [-0.3, -0.25) is 9.78 Å². The predicted octanol–water partition coefficient (Wildman–Crippen LogP) is 5.60. The van der Waals surface area contributed by atoms with E-state index < -0.39 is 5.41 Å². The second kappa shape index (κ2) is 8.81. The van der Waals surface area contributed by atoms with E-state index in [0.29, 0.717) is 37.1 Å². The van der Waals surface area contributed by atoms with Crippen LogP contribution in [0.2, 0.25) is 0 Å². The second-order valence-corrected chi connectivity index (χ2v) is 10.7. The first-order chi connectivity index (χ1) is 16.6. The summed E-state index contributed by atoms with van der Waals surface area (Å²) in [5.74, 6) is 0.984. The van der Waals surface area contributed by atoms with Crippen LogP contribution < -0.4 is 0 Å². The van der Waals surface area contributed by atoms with E-state index in [1.165, 1.54) is 27.5 Å². The number of carbonyl (C=O) groups excluding carboxylic acids is 1. The molecular formula is C30H34N2O2. The number of benzene rings is 2. The first-order valence-corrected chi connectivity index (χ1v) is 12.9. The quantitative estimate of drug-likeness (QED) is 0.515. The van der Waals surface area contributed by atoms with Gasteiger partial charge < -0.3 is 9.64 Å². The summed E-state index contributed by atoms with van der Waals surface area (Å²) in [7, 11) is 0. The predicted molar refractivity (Wildman–Crippen MR) is 135 cm³/mol. The summed E-state index contributed by atoms with van der Waals surface area (Å²) in [6, 6.07) is 18.1. The van der Waals surface area contributed by atoms with Gasteiger partial charge in [0.2, 0.25) is 5.91 Å². The molecule has 3 aromatic rings. The maximum Gasteiger partial charge on any atom is 0.233 e. The van der Waals surface area contributed by atoms with Gasteiger partial charge in [-0.25, -0.2) is 0 Å². The van der Waals surface area contributed by atoms with Crippen LogP contribution in [0.25, 0.3) is 10.8 Å². The standard InChI is InChI=1S/C30H34N2O2/c1-21-5-7-25(8-6-21)30(12-15-34-16-13-30)29(33)32-26-9-10-27(32)19-22(18-26)17-24-4-2-3-23-11-14-31-20-28(23)24/h2-8,11,14,20,22,26-27H,9-10,12-13,15-19H2,1H3. The Morgan fingerprint density at radius 3 is 2.50 bits per heavy atom. The molecule has 0 saturated carbocycles. The Morgan fingerprint density at radius 1 is 1.03 bits per heavy atom. The van der Waals surface area contributed by atoms with Crippen LogP contribution in [0.5, 0.6) is 0 Å². The normalized spacial score (nSPS) is 26.0. The fraction of sp³-hybridized carbons (Fsp3) is 0.467. The van der Waals surface area contributed by atoms with E-state index in [1.54, 1.807) is 0 Å². The molecule has 2 atom stereocenters. The van der Waals surface area contributed by atoms with E-state index in [2.05, 4.69) is 65.3 Å². The van der Waals surface area contributed by atoms with E-state index in [1.807, 2.05) is 12.4 Å². The van der Waals surface area contributed by atoms with Crippen molar-refractivity contribution in [3.05, 3.63) is 77.6 Å². The van der Waals surface area contributed by atoms with Crippen molar-refractivity contribution in [1.82, 2.24) is 9.88 Å². The molecule has 4 heterocycles. The van der Waals surface area contributed by atoms with Crippen molar-refractivity contribution in [2.24, 2.45) is 5.92 Å². The van der Waals surface area contributed by atoms with Crippen LogP contribution in [0.1, 0.15) is 55.2 Å². The zero-order valence-corrected chi connectivity index (χ0v) is 20.1. The fourth-order valence-corrected chi connectivity index (χ4v) is 6.92. The van der Waals surface area contributed by atoms with Crippen LogP contribution in [0.15, 0.2) is 60.9 Å². The minimum Gasteiger partial charge on any atom is -0.381 e. The number of piperidine rings is 1. The molecule has 4 nitrogen and oxygen atoms in total. The molecular weight excluding hydrogens is 420 g/mol. The van der Waals surface area contributed by atoms with Crippen LogP contribution in [-0.4, -0.2) is 41.1 Å². The van der Waals surface area contributed by atoms with Gasteiger partial charge in [-0.2, -0.15) is 0 Å². The summed E-state index contributed by atoms with van der Waals surface area (Å²) in [5, 5.41) is 2.54. The van der Waals surface area contributed by atoms with Gasteiger partial charge in [-0.15, -0.1) is 0 Å². The highest BCUT2D eigenvalue weighted by molar-refractivity contribution is 5.89.